The summed E-state index contributed by atoms with van der Waals surface area (Å²) in [5, 5.41) is -3.37. The van der Waals surface area contributed by atoms with Gasteiger partial charge in [-0.3, -0.25) is 29.1 Å². The van der Waals surface area contributed by atoms with E-state index in [1.165, 1.54) is 42.1 Å². The topological polar surface area (TPSA) is 242 Å². The first-order valence-corrected chi connectivity index (χ1v) is 23.2. The monoisotopic (exact) mass is 907 g/mol. The number of esters is 3. The number of β-lactam (4-membered cyclic amide) rings is 3. The van der Waals surface area contributed by atoms with E-state index in [1.54, 1.807) is 55.4 Å². The van der Waals surface area contributed by atoms with Gasteiger partial charge in [-0.1, -0.05) is 28.9 Å². The quantitative estimate of drug-likeness (QED) is 0.171. The van der Waals surface area contributed by atoms with Crippen molar-refractivity contribution in [1.29, 1.82) is 0 Å². The van der Waals surface area contributed by atoms with Crippen molar-refractivity contribution in [1.82, 2.24) is 14.7 Å². The van der Waals surface area contributed by atoms with Gasteiger partial charge in [-0.05, 0) is 92.9 Å². The number of allylic oxidation sites excluding steroid dienone is 6. The fraction of sp³-hybridized carbons (Fsp3) is 0.450. The van der Waals surface area contributed by atoms with Gasteiger partial charge in [0, 0.05) is 5.57 Å². The molecule has 0 N–H and O–H groups in total. The Morgan fingerprint density at radius 2 is 0.852 bits per heavy atom. The molecular weight excluding hydrogens is 859 g/mol. The fourth-order valence-corrected chi connectivity index (χ4v) is 14.9. The molecule has 18 nitrogen and oxygen atoms in total. The third-order valence-corrected chi connectivity index (χ3v) is 17.1. The molecule has 0 radical (unpaired) electrons. The molecule has 3 fully saturated rings. The Morgan fingerprint density at radius 1 is 0.525 bits per heavy atom. The molecule has 6 aliphatic rings. The molecule has 21 heteroatoms. The summed E-state index contributed by atoms with van der Waals surface area (Å²) in [4.78, 5) is 75.1. The van der Waals surface area contributed by atoms with Gasteiger partial charge in [-0.25, -0.2) is 39.6 Å². The summed E-state index contributed by atoms with van der Waals surface area (Å²) in [6.07, 6.45) is 0. The summed E-state index contributed by atoms with van der Waals surface area (Å²) in [6.45, 7) is 21.4. The standard InChI is InChI=1S/C15H19NO5S.C13H15NO5S.C12H15NO5S/c1-7(2)10-13(17)16-11(15(18)21-6)9(5)12(8(3)4)22(19,20)14(10)16;1-6(2)10-7(3)9(13(16)19-5)14-11(15)8(4)12(14)20(10,17)18;1-6(2)8-10(14)13-9(12(15)18-4)7(3)5-19(16,17)11(8)13/h14H,1-6H3;12H,4H2,1-3,5H3;11H,5H2,1-4H3. The third kappa shape index (κ3) is 7.32. The van der Waals surface area contributed by atoms with E-state index in [4.69, 9.17) is 4.74 Å². The number of ether oxygens (including phenoxy) is 3. The number of nitrogens with zero attached hydrogens (tertiary/aromatic N) is 3. The summed E-state index contributed by atoms with van der Waals surface area (Å²) >= 11 is 0. The summed E-state index contributed by atoms with van der Waals surface area (Å²) in [6, 6.07) is 0. The van der Waals surface area contributed by atoms with Gasteiger partial charge in [0.1, 0.15) is 17.1 Å². The van der Waals surface area contributed by atoms with Crippen LogP contribution in [-0.4, -0.2) is 119 Å². The number of fused-ring (bicyclic) bond motifs is 3. The normalized spacial score (nSPS) is 24.0. The van der Waals surface area contributed by atoms with Crippen LogP contribution in [0.3, 0.4) is 0 Å². The van der Waals surface area contributed by atoms with Gasteiger partial charge in [0.15, 0.2) is 26.0 Å². The van der Waals surface area contributed by atoms with Crippen LogP contribution in [0.1, 0.15) is 76.2 Å². The Hall–Kier alpha value is -5.41. The minimum absolute atomic E-state index is 0.00789. The second-order valence-corrected chi connectivity index (χ2v) is 21.5. The largest absolute Gasteiger partial charge is 0.464 e. The molecule has 0 aromatic heterocycles. The van der Waals surface area contributed by atoms with Crippen LogP contribution in [0.4, 0.5) is 0 Å². The molecule has 3 saturated heterocycles. The molecule has 61 heavy (non-hydrogen) atoms. The number of carbonyl (C=O) groups is 6. The van der Waals surface area contributed by atoms with E-state index in [1.807, 2.05) is 0 Å². The average Bonchev–Trinajstić information content (AvgIpc) is 3.13. The molecule has 6 heterocycles. The Bertz CT molecular complexity index is 2710. The number of methoxy groups -OCH3 is 3. The molecule has 0 bridgehead atoms. The molecule has 3 atom stereocenters. The lowest BCUT2D eigenvalue weighted by atomic mass is 9.97. The van der Waals surface area contributed by atoms with Crippen molar-refractivity contribution < 1.29 is 68.2 Å². The zero-order valence-corrected chi connectivity index (χ0v) is 38.8. The molecule has 0 saturated carbocycles. The van der Waals surface area contributed by atoms with Crippen LogP contribution in [0.15, 0.2) is 89.2 Å². The molecule has 3 unspecified atom stereocenters. The van der Waals surface area contributed by atoms with Crippen molar-refractivity contribution in [2.45, 2.75) is 92.3 Å². The predicted molar refractivity (Wildman–Crippen MR) is 220 cm³/mol. The smallest absolute Gasteiger partial charge is 0.355 e. The molecule has 6 aliphatic heterocycles. The van der Waals surface area contributed by atoms with Crippen LogP contribution in [-0.2, 0) is 72.5 Å². The lowest BCUT2D eigenvalue weighted by Gasteiger charge is -2.47. The Morgan fingerprint density at radius 3 is 1.21 bits per heavy atom. The Labute approximate surface area is 355 Å². The zero-order chi connectivity index (χ0) is 46.9. The molecule has 0 aliphatic carbocycles. The number of sulfone groups is 3. The SMILES string of the molecule is C=C1C(=O)N2C(C(=O)OC)=C(C)C(=C(C)C)S(=O)(=O)C12.COC(=O)C1=C(C)C(=C(C)C)S(=O)(=O)C2C(=C(C)C)C(=O)N12.COC(=O)C1=C(C)CS(=O)(=O)C2C(=C(C)C)C(=O)N12. The van der Waals surface area contributed by atoms with E-state index < -0.39 is 81.3 Å². The summed E-state index contributed by atoms with van der Waals surface area (Å²) in [7, 11) is -7.41. The van der Waals surface area contributed by atoms with Gasteiger partial charge in [0.05, 0.1) is 48.0 Å². The van der Waals surface area contributed by atoms with E-state index in [-0.39, 0.29) is 60.5 Å². The first-order chi connectivity index (χ1) is 27.9. The highest BCUT2D eigenvalue weighted by Crippen LogP contribution is 2.48. The van der Waals surface area contributed by atoms with Crippen molar-refractivity contribution in [3.63, 3.8) is 0 Å². The first kappa shape index (κ1) is 48.3. The van der Waals surface area contributed by atoms with Crippen molar-refractivity contribution >= 4 is 65.1 Å². The predicted octanol–water partition coefficient (Wildman–Crippen LogP) is 2.91. The van der Waals surface area contributed by atoms with Crippen molar-refractivity contribution in [2.24, 2.45) is 0 Å². The summed E-state index contributed by atoms with van der Waals surface area (Å²) in [5.41, 5.74) is 3.72. The van der Waals surface area contributed by atoms with Gasteiger partial charge >= 0.3 is 17.9 Å². The van der Waals surface area contributed by atoms with Crippen LogP contribution < -0.4 is 0 Å². The van der Waals surface area contributed by atoms with Crippen LogP contribution in [0.5, 0.6) is 0 Å². The minimum Gasteiger partial charge on any atom is -0.464 e. The van der Waals surface area contributed by atoms with Crippen LogP contribution >= 0.6 is 0 Å². The first-order valence-electron chi connectivity index (χ1n) is 18.4. The van der Waals surface area contributed by atoms with Crippen LogP contribution in [0.2, 0.25) is 0 Å². The molecule has 0 aromatic carbocycles. The highest BCUT2D eigenvalue weighted by molar-refractivity contribution is 7.97. The maximum absolute atomic E-state index is 12.9. The van der Waals surface area contributed by atoms with Crippen molar-refractivity contribution in [3.05, 3.63) is 89.2 Å². The number of carbonyl (C=O) groups excluding carboxylic acids is 6. The molecule has 3 amide bonds. The Balaban J connectivity index is 0.000000202. The summed E-state index contributed by atoms with van der Waals surface area (Å²) in [5.74, 6) is -3.82. The van der Waals surface area contributed by atoms with E-state index in [0.29, 0.717) is 27.9 Å². The van der Waals surface area contributed by atoms with Crippen molar-refractivity contribution in [2.75, 3.05) is 27.1 Å². The summed E-state index contributed by atoms with van der Waals surface area (Å²) < 4.78 is 89.1. The second-order valence-electron chi connectivity index (χ2n) is 15.5. The van der Waals surface area contributed by atoms with E-state index in [0.717, 1.165) is 14.7 Å². The van der Waals surface area contributed by atoms with Crippen molar-refractivity contribution in [3.8, 4) is 0 Å². The second kappa shape index (κ2) is 16.5. The molecular formula is C40H49N3O15S3. The van der Waals surface area contributed by atoms with Gasteiger partial charge in [0.25, 0.3) is 17.7 Å². The minimum atomic E-state index is -3.75. The molecule has 0 spiro atoms. The fourth-order valence-electron chi connectivity index (χ4n) is 8.07. The highest BCUT2D eigenvalue weighted by atomic mass is 32.2. The molecule has 0 aromatic rings. The van der Waals surface area contributed by atoms with E-state index in [2.05, 4.69) is 16.1 Å². The number of rotatable bonds is 3. The number of hydrogen-bond donors (Lipinski definition) is 0. The zero-order valence-electron chi connectivity index (χ0n) is 36.3. The van der Waals surface area contributed by atoms with Gasteiger partial charge in [0.2, 0.25) is 19.7 Å². The molecule has 332 valence electrons. The van der Waals surface area contributed by atoms with E-state index in [9.17, 15) is 54.0 Å². The van der Waals surface area contributed by atoms with Gasteiger partial charge in [-0.2, -0.15) is 0 Å². The van der Waals surface area contributed by atoms with E-state index >= 15 is 0 Å². The average molecular weight is 908 g/mol. The highest BCUT2D eigenvalue weighted by Gasteiger charge is 2.60. The number of amides is 3. The molecule has 6 rings (SSSR count). The van der Waals surface area contributed by atoms with Gasteiger partial charge < -0.3 is 14.2 Å². The van der Waals surface area contributed by atoms with Gasteiger partial charge in [-0.15, -0.1) is 0 Å². The Kier molecular flexibility index (Phi) is 13.0. The van der Waals surface area contributed by atoms with Crippen LogP contribution in [0, 0.1) is 0 Å². The maximum atomic E-state index is 12.9. The lowest BCUT2D eigenvalue weighted by Crippen LogP contribution is -2.62. The third-order valence-electron chi connectivity index (χ3n) is 10.4. The lowest BCUT2D eigenvalue weighted by molar-refractivity contribution is -0.144. The van der Waals surface area contributed by atoms with Crippen LogP contribution in [0.25, 0.3) is 0 Å². The maximum Gasteiger partial charge on any atom is 0.355 e. The number of hydrogen-bond acceptors (Lipinski definition) is 15.